The van der Waals surface area contributed by atoms with E-state index in [4.69, 9.17) is 37.6 Å². The van der Waals surface area contributed by atoms with E-state index in [-0.39, 0.29) is 45.5 Å². The number of aromatic hydroxyl groups is 1. The Kier molecular flexibility index (Phi) is 9.92. The van der Waals surface area contributed by atoms with E-state index in [0.717, 1.165) is 0 Å². The zero-order valence-corrected chi connectivity index (χ0v) is 25.2. The summed E-state index contributed by atoms with van der Waals surface area (Å²) in [6, 6.07) is 6.88. The molecule has 0 aliphatic carbocycles. The number of fused-ring (bicyclic) bond motifs is 1. The number of methoxy groups -OCH3 is 3. The molecule has 7 N–H and O–H groups in total. The van der Waals surface area contributed by atoms with Gasteiger partial charge in [0.1, 0.15) is 71.0 Å². The summed E-state index contributed by atoms with van der Waals surface area (Å²) in [7, 11) is 4.04. The highest BCUT2D eigenvalue weighted by molar-refractivity contribution is 5.86. The van der Waals surface area contributed by atoms with Crippen molar-refractivity contribution in [2.45, 2.75) is 68.3 Å². The molecule has 10 atom stereocenters. The number of phenolic OH excluding ortho intramolecular Hbond substituents is 1. The van der Waals surface area contributed by atoms with Crippen molar-refractivity contribution in [1.29, 1.82) is 0 Å². The predicted molar refractivity (Wildman–Crippen MR) is 155 cm³/mol. The second kappa shape index (κ2) is 13.6. The van der Waals surface area contributed by atoms with Crippen LogP contribution in [-0.2, 0) is 14.2 Å². The van der Waals surface area contributed by atoms with Gasteiger partial charge in [0.05, 0.1) is 34.0 Å². The van der Waals surface area contributed by atoms with Crippen molar-refractivity contribution in [3.8, 4) is 40.1 Å². The highest BCUT2D eigenvalue weighted by Gasteiger charge is 2.50. The van der Waals surface area contributed by atoms with Gasteiger partial charge in [0.15, 0.2) is 23.2 Å². The van der Waals surface area contributed by atoms with Crippen molar-refractivity contribution in [3.63, 3.8) is 0 Å². The number of aliphatic hydroxyl groups is 6. The average molecular weight is 653 g/mol. The molecule has 0 unspecified atom stereocenters. The molecule has 2 aliphatic heterocycles. The van der Waals surface area contributed by atoms with Gasteiger partial charge in [0, 0.05) is 23.8 Å². The molecule has 2 saturated heterocycles. The fraction of sp³-hybridized carbons (Fsp3) is 0.500. The van der Waals surface area contributed by atoms with E-state index in [1.165, 1.54) is 58.6 Å². The van der Waals surface area contributed by atoms with Gasteiger partial charge in [-0.05, 0) is 19.1 Å². The summed E-state index contributed by atoms with van der Waals surface area (Å²) in [6.45, 7) is 0.809. The molecule has 0 amide bonds. The molecule has 46 heavy (non-hydrogen) atoms. The highest BCUT2D eigenvalue weighted by atomic mass is 16.7. The summed E-state index contributed by atoms with van der Waals surface area (Å²) in [5, 5.41) is 72.1. The zero-order chi connectivity index (χ0) is 33.4. The number of rotatable bonds is 9. The first-order valence-corrected chi connectivity index (χ1v) is 14.2. The maximum atomic E-state index is 13.2. The third-order valence-electron chi connectivity index (χ3n) is 7.92. The van der Waals surface area contributed by atoms with Crippen LogP contribution in [0.5, 0.6) is 28.7 Å². The van der Waals surface area contributed by atoms with E-state index >= 15 is 0 Å². The number of ether oxygens (including phenoxy) is 7. The Balaban J connectivity index is 1.40. The van der Waals surface area contributed by atoms with Crippen molar-refractivity contribution in [3.05, 3.63) is 40.6 Å². The first-order valence-electron chi connectivity index (χ1n) is 14.2. The quantitative estimate of drug-likeness (QED) is 0.150. The zero-order valence-electron chi connectivity index (χ0n) is 25.2. The minimum absolute atomic E-state index is 0.0299. The maximum Gasteiger partial charge on any atom is 0.229 e. The number of aliphatic hydroxyl groups excluding tert-OH is 6. The van der Waals surface area contributed by atoms with Gasteiger partial charge in [-0.25, -0.2) is 0 Å². The van der Waals surface area contributed by atoms with Crippen LogP contribution in [0.4, 0.5) is 0 Å². The van der Waals surface area contributed by atoms with Crippen LogP contribution in [-0.4, -0.2) is 125 Å². The first-order chi connectivity index (χ1) is 21.9. The topological polar surface area (TPSA) is 236 Å². The molecule has 5 rings (SSSR count). The van der Waals surface area contributed by atoms with Crippen molar-refractivity contribution < 1.29 is 73.3 Å². The molecule has 1 aromatic heterocycles. The first kappa shape index (κ1) is 33.6. The highest BCUT2D eigenvalue weighted by Crippen LogP contribution is 2.41. The van der Waals surface area contributed by atoms with Gasteiger partial charge in [0.25, 0.3) is 0 Å². The van der Waals surface area contributed by atoms with E-state index in [0.29, 0.717) is 5.56 Å². The van der Waals surface area contributed by atoms with Gasteiger partial charge in [-0.15, -0.1) is 0 Å². The Morgan fingerprint density at radius 3 is 2.00 bits per heavy atom. The van der Waals surface area contributed by atoms with Crippen LogP contribution < -0.4 is 24.4 Å². The second-order valence-corrected chi connectivity index (χ2v) is 10.8. The molecule has 0 spiro atoms. The third-order valence-corrected chi connectivity index (χ3v) is 7.92. The lowest BCUT2D eigenvalue weighted by atomic mass is 9.97. The molecule has 0 saturated carbocycles. The van der Waals surface area contributed by atoms with Gasteiger partial charge in [-0.2, -0.15) is 0 Å². The van der Waals surface area contributed by atoms with E-state index < -0.39 is 73.4 Å². The van der Waals surface area contributed by atoms with Crippen LogP contribution >= 0.6 is 0 Å². The third kappa shape index (κ3) is 6.18. The smallest absolute Gasteiger partial charge is 0.229 e. The summed E-state index contributed by atoms with van der Waals surface area (Å²) in [5.74, 6) is 0.129. The van der Waals surface area contributed by atoms with Gasteiger partial charge in [-0.3, -0.25) is 4.79 Å². The maximum absolute atomic E-state index is 13.2. The fourth-order valence-corrected chi connectivity index (χ4v) is 5.40. The average Bonchev–Trinajstić information content (AvgIpc) is 3.04. The standard InChI is InChI=1S/C30H36O16/c1-11-28(46-30-26(37)24(35)23(34)20(10-31)45-30)25(36)27(38)29(42-11)43-13-7-16(39-2)21-14(32)9-15(44-17(21)8-13)12-5-18(40-3)22(33)19(6-12)41-4/h5-9,11,20,23-31,33-38H,10H2,1-4H3/t11-,20+,23+,24-,25-,26+,27+,28-,29-,30-/m0/s1. The summed E-state index contributed by atoms with van der Waals surface area (Å²) in [5.41, 5.74) is -0.0772. The number of hydrogen-bond donors (Lipinski definition) is 7. The monoisotopic (exact) mass is 652 g/mol. The lowest BCUT2D eigenvalue weighted by Gasteiger charge is -2.45. The van der Waals surface area contributed by atoms with Gasteiger partial charge in [0.2, 0.25) is 12.0 Å². The van der Waals surface area contributed by atoms with Gasteiger partial charge < -0.3 is 73.3 Å². The molecule has 16 nitrogen and oxygen atoms in total. The minimum atomic E-state index is -1.74. The molecular weight excluding hydrogens is 616 g/mol. The fourth-order valence-electron chi connectivity index (χ4n) is 5.40. The summed E-state index contributed by atoms with van der Waals surface area (Å²) in [6.07, 6.45) is -15.0. The molecule has 2 aliphatic rings. The summed E-state index contributed by atoms with van der Waals surface area (Å²) >= 11 is 0. The van der Waals surface area contributed by atoms with Crippen LogP contribution in [0.2, 0.25) is 0 Å². The van der Waals surface area contributed by atoms with Gasteiger partial charge >= 0.3 is 0 Å². The molecule has 3 aromatic rings. The van der Waals surface area contributed by atoms with Crippen LogP contribution in [0.15, 0.2) is 39.5 Å². The molecule has 2 aromatic carbocycles. The van der Waals surface area contributed by atoms with E-state index in [2.05, 4.69) is 0 Å². The minimum Gasteiger partial charge on any atom is -0.502 e. The molecule has 252 valence electrons. The largest absolute Gasteiger partial charge is 0.502 e. The number of phenols is 1. The van der Waals surface area contributed by atoms with E-state index in [9.17, 15) is 40.5 Å². The van der Waals surface area contributed by atoms with Crippen LogP contribution in [0.1, 0.15) is 6.92 Å². The normalized spacial score (nSPS) is 31.4. The lowest BCUT2D eigenvalue weighted by molar-refractivity contribution is -0.348. The number of benzene rings is 2. The van der Waals surface area contributed by atoms with E-state index in [1.54, 1.807) is 0 Å². The molecular formula is C30H36O16. The van der Waals surface area contributed by atoms with Crippen molar-refractivity contribution >= 4 is 11.0 Å². The molecule has 0 bridgehead atoms. The SMILES string of the molecule is COc1cc(-c2cc(=O)c3c(OC)cc(O[C@@H]4O[C@@H](C)[C@H](O[C@@H]5O[C@H](CO)[C@@H](O)[C@H](O)[C@H]5O)[C@@H](O)[C@H]4O)cc3o2)cc(OC)c1O. The number of hydrogen-bond acceptors (Lipinski definition) is 16. The Morgan fingerprint density at radius 1 is 0.761 bits per heavy atom. The molecule has 16 heteroatoms. The van der Waals surface area contributed by atoms with Crippen molar-refractivity contribution in [2.75, 3.05) is 27.9 Å². The van der Waals surface area contributed by atoms with Crippen LogP contribution in [0.25, 0.3) is 22.3 Å². The Bertz CT molecular complexity index is 1560. The molecule has 2 fully saturated rings. The van der Waals surface area contributed by atoms with Crippen molar-refractivity contribution in [1.82, 2.24) is 0 Å². The second-order valence-electron chi connectivity index (χ2n) is 10.8. The van der Waals surface area contributed by atoms with E-state index in [1.807, 2.05) is 0 Å². The Morgan fingerprint density at radius 2 is 1.39 bits per heavy atom. The van der Waals surface area contributed by atoms with Crippen molar-refractivity contribution in [2.24, 2.45) is 0 Å². The lowest BCUT2D eigenvalue weighted by Crippen LogP contribution is -2.64. The molecule has 0 radical (unpaired) electrons. The van der Waals surface area contributed by atoms with Gasteiger partial charge in [-0.1, -0.05) is 0 Å². The Labute approximate surface area is 261 Å². The Hall–Kier alpha value is -3.71. The van der Waals surface area contributed by atoms with Crippen LogP contribution in [0, 0.1) is 0 Å². The molecule has 3 heterocycles. The van der Waals surface area contributed by atoms with Crippen LogP contribution in [0.3, 0.4) is 0 Å². The summed E-state index contributed by atoms with van der Waals surface area (Å²) < 4.78 is 44.5. The predicted octanol–water partition coefficient (Wildman–Crippen LogP) is -0.778. The summed E-state index contributed by atoms with van der Waals surface area (Å²) in [4.78, 5) is 13.2.